The van der Waals surface area contributed by atoms with Gasteiger partial charge in [-0.15, -0.1) is 10.2 Å². The summed E-state index contributed by atoms with van der Waals surface area (Å²) in [6.07, 6.45) is 5.23. The Labute approximate surface area is 119 Å². The molecule has 2 atom stereocenters. The summed E-state index contributed by atoms with van der Waals surface area (Å²) >= 11 is 0. The van der Waals surface area contributed by atoms with Gasteiger partial charge in [0.2, 0.25) is 12.3 Å². The largest absolute Gasteiger partial charge is 0.423 e. The molecule has 1 N–H and O–H groups in total. The van der Waals surface area contributed by atoms with E-state index in [1.54, 1.807) is 0 Å². The van der Waals surface area contributed by atoms with Crippen LogP contribution in [0, 0.1) is 11.8 Å². The molecule has 1 aromatic carbocycles. The van der Waals surface area contributed by atoms with Crippen molar-refractivity contribution in [3.8, 4) is 11.5 Å². The number of nitrogens with one attached hydrogen (secondary N) is 1. The van der Waals surface area contributed by atoms with E-state index in [1.807, 2.05) is 12.1 Å². The molecule has 20 heavy (non-hydrogen) atoms. The van der Waals surface area contributed by atoms with Gasteiger partial charge in [0, 0.05) is 17.3 Å². The molecule has 0 aliphatic heterocycles. The molecule has 0 saturated heterocycles. The van der Waals surface area contributed by atoms with E-state index in [2.05, 4.69) is 41.5 Å². The predicted octanol–water partition coefficient (Wildman–Crippen LogP) is 3.97. The standard InChI is InChI=1S/C16H21N3O/c1-11-7-12(2)9-15(8-11)18-14-5-3-13(4-6-14)16-19-17-10-20-16/h3-6,10-12,15,18H,7-9H2,1-2H3. The average molecular weight is 271 g/mol. The zero-order chi connectivity index (χ0) is 13.9. The third-order valence-corrected chi connectivity index (χ3v) is 4.04. The second kappa shape index (κ2) is 5.65. The molecule has 1 aromatic heterocycles. The van der Waals surface area contributed by atoms with Crippen molar-refractivity contribution in [3.63, 3.8) is 0 Å². The monoisotopic (exact) mass is 271 g/mol. The second-order valence-corrected chi connectivity index (χ2v) is 6.08. The minimum absolute atomic E-state index is 0.566. The van der Waals surface area contributed by atoms with Crippen LogP contribution in [-0.4, -0.2) is 16.2 Å². The van der Waals surface area contributed by atoms with E-state index < -0.39 is 0 Å². The topological polar surface area (TPSA) is 51.0 Å². The fourth-order valence-electron chi connectivity index (χ4n) is 3.31. The fourth-order valence-corrected chi connectivity index (χ4v) is 3.31. The van der Waals surface area contributed by atoms with Crippen molar-refractivity contribution in [2.45, 2.75) is 39.2 Å². The summed E-state index contributed by atoms with van der Waals surface area (Å²) in [4.78, 5) is 0. The van der Waals surface area contributed by atoms with Crippen LogP contribution in [0.25, 0.3) is 11.5 Å². The molecule has 0 spiro atoms. The first kappa shape index (κ1) is 13.2. The van der Waals surface area contributed by atoms with E-state index in [0.717, 1.165) is 17.4 Å². The van der Waals surface area contributed by atoms with Crippen LogP contribution in [0.3, 0.4) is 0 Å². The van der Waals surface area contributed by atoms with Gasteiger partial charge in [0.15, 0.2) is 0 Å². The first-order valence-corrected chi connectivity index (χ1v) is 7.34. The van der Waals surface area contributed by atoms with Crippen LogP contribution in [0.5, 0.6) is 0 Å². The molecule has 3 rings (SSSR count). The van der Waals surface area contributed by atoms with Crippen molar-refractivity contribution in [2.75, 3.05) is 5.32 Å². The molecular weight excluding hydrogens is 250 g/mol. The molecule has 0 amide bonds. The zero-order valence-corrected chi connectivity index (χ0v) is 12.0. The Bertz CT molecular complexity index is 525. The summed E-state index contributed by atoms with van der Waals surface area (Å²) in [6, 6.07) is 8.80. The number of benzene rings is 1. The van der Waals surface area contributed by atoms with Crippen LogP contribution < -0.4 is 5.32 Å². The van der Waals surface area contributed by atoms with Gasteiger partial charge in [-0.3, -0.25) is 0 Å². The third-order valence-electron chi connectivity index (χ3n) is 4.04. The maximum atomic E-state index is 5.19. The van der Waals surface area contributed by atoms with Gasteiger partial charge in [-0.1, -0.05) is 13.8 Å². The molecule has 4 heteroatoms. The Morgan fingerprint density at radius 1 is 1.05 bits per heavy atom. The maximum absolute atomic E-state index is 5.19. The Morgan fingerprint density at radius 2 is 1.75 bits per heavy atom. The molecule has 4 nitrogen and oxygen atoms in total. The fraction of sp³-hybridized carbons (Fsp3) is 0.500. The summed E-state index contributed by atoms with van der Waals surface area (Å²) < 4.78 is 5.19. The first-order chi connectivity index (χ1) is 9.70. The molecule has 106 valence electrons. The molecular formula is C16H21N3O. The number of aromatic nitrogens is 2. The molecule has 1 fully saturated rings. The molecule has 0 radical (unpaired) electrons. The highest BCUT2D eigenvalue weighted by molar-refractivity contribution is 5.58. The Kier molecular flexibility index (Phi) is 3.72. The van der Waals surface area contributed by atoms with E-state index in [0.29, 0.717) is 11.9 Å². The minimum Gasteiger partial charge on any atom is -0.423 e. The van der Waals surface area contributed by atoms with Crippen LogP contribution in [0.15, 0.2) is 35.1 Å². The third kappa shape index (κ3) is 3.00. The number of hydrogen-bond donors (Lipinski definition) is 1. The molecule has 2 aromatic rings. The van der Waals surface area contributed by atoms with Gasteiger partial charge in [-0.2, -0.15) is 0 Å². The van der Waals surface area contributed by atoms with Crippen LogP contribution >= 0.6 is 0 Å². The SMILES string of the molecule is CC1CC(C)CC(Nc2ccc(-c3nnco3)cc2)C1. The Balaban J connectivity index is 1.66. The lowest BCUT2D eigenvalue weighted by Gasteiger charge is -2.32. The van der Waals surface area contributed by atoms with Gasteiger partial charge in [0.05, 0.1) is 0 Å². The zero-order valence-electron chi connectivity index (χ0n) is 12.0. The van der Waals surface area contributed by atoms with Crippen molar-refractivity contribution >= 4 is 5.69 Å². The average Bonchev–Trinajstić information content (AvgIpc) is 2.92. The minimum atomic E-state index is 0.566. The summed E-state index contributed by atoms with van der Waals surface area (Å²) in [5.41, 5.74) is 2.12. The van der Waals surface area contributed by atoms with Crippen molar-refractivity contribution in [3.05, 3.63) is 30.7 Å². The van der Waals surface area contributed by atoms with Crippen LogP contribution in [0.4, 0.5) is 5.69 Å². The highest BCUT2D eigenvalue weighted by Crippen LogP contribution is 2.30. The molecule has 2 unspecified atom stereocenters. The molecule has 0 bridgehead atoms. The maximum Gasteiger partial charge on any atom is 0.247 e. The summed E-state index contributed by atoms with van der Waals surface area (Å²) in [5.74, 6) is 2.19. The van der Waals surface area contributed by atoms with E-state index in [9.17, 15) is 0 Å². The second-order valence-electron chi connectivity index (χ2n) is 6.08. The van der Waals surface area contributed by atoms with Gasteiger partial charge in [-0.25, -0.2) is 0 Å². The van der Waals surface area contributed by atoms with Crippen molar-refractivity contribution in [1.82, 2.24) is 10.2 Å². The number of hydrogen-bond acceptors (Lipinski definition) is 4. The normalized spacial score (nSPS) is 26.4. The molecule has 1 aliphatic carbocycles. The number of anilines is 1. The van der Waals surface area contributed by atoms with Crippen molar-refractivity contribution in [1.29, 1.82) is 0 Å². The van der Waals surface area contributed by atoms with Crippen LogP contribution in [0.2, 0.25) is 0 Å². The van der Waals surface area contributed by atoms with Crippen LogP contribution in [-0.2, 0) is 0 Å². The lowest BCUT2D eigenvalue weighted by Crippen LogP contribution is -2.30. The quantitative estimate of drug-likeness (QED) is 0.917. The Hall–Kier alpha value is -1.84. The Morgan fingerprint density at radius 3 is 2.35 bits per heavy atom. The lowest BCUT2D eigenvalue weighted by atomic mass is 9.80. The van der Waals surface area contributed by atoms with Gasteiger partial charge < -0.3 is 9.73 Å². The lowest BCUT2D eigenvalue weighted by molar-refractivity contribution is 0.281. The van der Waals surface area contributed by atoms with E-state index >= 15 is 0 Å². The predicted molar refractivity (Wildman–Crippen MR) is 79.3 cm³/mol. The summed E-state index contributed by atoms with van der Waals surface area (Å²) in [5, 5.41) is 11.3. The van der Waals surface area contributed by atoms with Crippen LogP contribution in [0.1, 0.15) is 33.1 Å². The molecule has 1 heterocycles. The van der Waals surface area contributed by atoms with Gasteiger partial charge in [-0.05, 0) is 55.4 Å². The molecule has 1 aliphatic rings. The van der Waals surface area contributed by atoms with Crippen molar-refractivity contribution in [2.24, 2.45) is 11.8 Å². The highest BCUT2D eigenvalue weighted by Gasteiger charge is 2.23. The van der Waals surface area contributed by atoms with E-state index in [1.165, 1.54) is 31.3 Å². The summed E-state index contributed by atoms with van der Waals surface area (Å²) in [7, 11) is 0. The van der Waals surface area contributed by atoms with E-state index in [-0.39, 0.29) is 0 Å². The number of nitrogens with zero attached hydrogens (tertiary/aromatic N) is 2. The number of rotatable bonds is 3. The summed E-state index contributed by atoms with van der Waals surface area (Å²) in [6.45, 7) is 4.70. The van der Waals surface area contributed by atoms with Gasteiger partial charge in [0.1, 0.15) is 0 Å². The molecule has 1 saturated carbocycles. The first-order valence-electron chi connectivity index (χ1n) is 7.34. The van der Waals surface area contributed by atoms with Crippen molar-refractivity contribution < 1.29 is 4.42 Å². The van der Waals surface area contributed by atoms with Gasteiger partial charge >= 0.3 is 0 Å². The smallest absolute Gasteiger partial charge is 0.247 e. The van der Waals surface area contributed by atoms with Gasteiger partial charge in [0.25, 0.3) is 0 Å². The highest BCUT2D eigenvalue weighted by atomic mass is 16.4. The van der Waals surface area contributed by atoms with E-state index in [4.69, 9.17) is 4.42 Å².